The molecule has 32 heavy (non-hydrogen) atoms. The van der Waals surface area contributed by atoms with Gasteiger partial charge in [-0.3, -0.25) is 14.4 Å². The van der Waals surface area contributed by atoms with Crippen LogP contribution in [-0.4, -0.2) is 41.3 Å². The molecule has 3 aromatic rings. The number of nitrogens with zero attached hydrogens (tertiary/aromatic N) is 1. The van der Waals surface area contributed by atoms with Gasteiger partial charge in [0, 0.05) is 51.4 Å². The zero-order chi connectivity index (χ0) is 22.2. The number of hydrogen-bond donors (Lipinski definition) is 1. The highest BCUT2D eigenvalue weighted by molar-refractivity contribution is 9.10. The third-order valence-corrected chi connectivity index (χ3v) is 6.44. The Bertz CT molecular complexity index is 1250. The molecule has 2 aromatic carbocycles. The molecule has 0 bridgehead atoms. The summed E-state index contributed by atoms with van der Waals surface area (Å²) in [5.74, 6) is -0.647. The first kappa shape index (κ1) is 20.8. The summed E-state index contributed by atoms with van der Waals surface area (Å²) in [6, 6.07) is 12.6. The molecule has 1 atom stereocenters. The molecule has 0 saturated carbocycles. The van der Waals surface area contributed by atoms with E-state index in [4.69, 9.17) is 4.74 Å². The van der Waals surface area contributed by atoms with Gasteiger partial charge in [-0.25, -0.2) is 0 Å². The zero-order valence-corrected chi connectivity index (χ0v) is 18.9. The van der Waals surface area contributed by atoms with Crippen molar-refractivity contribution in [3.63, 3.8) is 0 Å². The summed E-state index contributed by atoms with van der Waals surface area (Å²) in [5.41, 5.74) is 2.58. The van der Waals surface area contributed by atoms with Crippen molar-refractivity contribution in [2.45, 2.75) is 25.5 Å². The quantitative estimate of drug-likeness (QED) is 0.428. The molecule has 6 nitrogen and oxygen atoms in total. The molecule has 7 heteroatoms. The van der Waals surface area contributed by atoms with E-state index in [9.17, 15) is 14.4 Å². The van der Waals surface area contributed by atoms with E-state index in [1.807, 2.05) is 29.0 Å². The fourth-order valence-electron chi connectivity index (χ4n) is 4.35. The Kier molecular flexibility index (Phi) is 5.53. The topological polar surface area (TPSA) is 77.4 Å². The zero-order valence-electron chi connectivity index (χ0n) is 17.3. The van der Waals surface area contributed by atoms with Crippen molar-refractivity contribution >= 4 is 50.4 Å². The molecule has 1 N–H and O–H groups in total. The number of Topliss-reactive ketones (excluding diaryl/α,β-unsaturated/α-hetero) is 2. The molecule has 0 spiro atoms. The van der Waals surface area contributed by atoms with Crippen LogP contribution < -0.4 is 5.32 Å². The van der Waals surface area contributed by atoms with E-state index in [0.29, 0.717) is 17.7 Å². The second-order valence-corrected chi connectivity index (χ2v) is 8.99. The monoisotopic (exact) mass is 492 g/mol. The molecule has 2 heterocycles. The molecule has 0 unspecified atom stereocenters. The minimum atomic E-state index is -0.268. The first-order chi connectivity index (χ1) is 15.5. The van der Waals surface area contributed by atoms with Crippen molar-refractivity contribution in [3.8, 4) is 0 Å². The summed E-state index contributed by atoms with van der Waals surface area (Å²) in [5, 5.41) is 3.80. The number of nitrogens with one attached hydrogen (secondary N) is 1. The summed E-state index contributed by atoms with van der Waals surface area (Å²) < 4.78 is 8.28. The lowest BCUT2D eigenvalue weighted by Crippen LogP contribution is -2.34. The molecular formula is C25H21BrN2O4. The Labute approximate surface area is 193 Å². The number of halogens is 1. The van der Waals surface area contributed by atoms with E-state index in [-0.39, 0.29) is 35.7 Å². The van der Waals surface area contributed by atoms with E-state index >= 15 is 0 Å². The average molecular weight is 493 g/mol. The van der Waals surface area contributed by atoms with Crippen LogP contribution in [0.5, 0.6) is 0 Å². The normalized spacial score (nSPS) is 17.8. The van der Waals surface area contributed by atoms with Crippen LogP contribution in [-0.2, 0) is 16.1 Å². The predicted octanol–water partition coefficient (Wildman–Crippen LogP) is 4.16. The number of carbonyl (C=O) groups excluding carboxylic acids is 3. The third-order valence-electron chi connectivity index (χ3n) is 5.94. The summed E-state index contributed by atoms with van der Waals surface area (Å²) in [6.45, 7) is 1.38. The van der Waals surface area contributed by atoms with Gasteiger partial charge in [-0.15, -0.1) is 0 Å². The number of hydrogen-bond acceptors (Lipinski definition) is 4. The van der Waals surface area contributed by atoms with Crippen molar-refractivity contribution in [2.75, 3.05) is 13.2 Å². The highest BCUT2D eigenvalue weighted by Crippen LogP contribution is 2.31. The van der Waals surface area contributed by atoms with Gasteiger partial charge < -0.3 is 14.6 Å². The Morgan fingerprint density at radius 1 is 1.16 bits per heavy atom. The molecule has 5 rings (SSSR count). The molecule has 1 aromatic heterocycles. The maximum Gasteiger partial charge on any atom is 0.240 e. The number of aromatic nitrogens is 1. The highest BCUT2D eigenvalue weighted by Gasteiger charge is 2.32. The van der Waals surface area contributed by atoms with Crippen LogP contribution in [0.25, 0.3) is 17.0 Å². The molecule has 1 aliphatic carbocycles. The smallest absolute Gasteiger partial charge is 0.240 e. The molecule has 1 amide bonds. The second-order valence-electron chi connectivity index (χ2n) is 8.07. The van der Waals surface area contributed by atoms with Crippen molar-refractivity contribution in [2.24, 2.45) is 0 Å². The minimum absolute atomic E-state index is 0.0811. The first-order valence-electron chi connectivity index (χ1n) is 10.6. The van der Waals surface area contributed by atoms with Gasteiger partial charge in [-0.05, 0) is 37.1 Å². The van der Waals surface area contributed by atoms with Crippen LogP contribution in [0.15, 0.2) is 58.7 Å². The summed E-state index contributed by atoms with van der Waals surface area (Å²) >= 11 is 3.49. The number of rotatable bonds is 5. The fraction of sp³-hybridized carbons (Fsp3) is 0.240. The SMILES string of the molecule is O=C(Cn1cc(C=C2C(=O)c3ccccc3C2=O)c2cc(Br)ccc21)NC[C@H]1CCCO1. The molecule has 1 aliphatic heterocycles. The van der Waals surface area contributed by atoms with E-state index in [1.54, 1.807) is 30.3 Å². The van der Waals surface area contributed by atoms with Crippen LogP contribution in [0, 0.1) is 0 Å². The van der Waals surface area contributed by atoms with Crippen LogP contribution in [0.3, 0.4) is 0 Å². The lowest BCUT2D eigenvalue weighted by molar-refractivity contribution is -0.122. The molecule has 162 valence electrons. The molecule has 2 aliphatic rings. The highest BCUT2D eigenvalue weighted by atomic mass is 79.9. The Balaban J connectivity index is 1.46. The standard InChI is InChI=1S/C25H21BrN2O4/c26-16-7-8-22-20(11-16)15(10-21-24(30)18-5-1-2-6-19(18)25(21)31)13-28(22)14-23(29)27-12-17-4-3-9-32-17/h1-2,5-8,10-11,13,17H,3-4,9,12,14H2,(H,27,29)/t17-/m1/s1. The largest absolute Gasteiger partial charge is 0.376 e. The van der Waals surface area contributed by atoms with Crippen LogP contribution in [0.2, 0.25) is 0 Å². The lowest BCUT2D eigenvalue weighted by Gasteiger charge is -2.11. The number of carbonyl (C=O) groups is 3. The van der Waals surface area contributed by atoms with Gasteiger partial charge in [-0.1, -0.05) is 40.2 Å². The molecule has 1 saturated heterocycles. The van der Waals surface area contributed by atoms with E-state index in [2.05, 4.69) is 21.2 Å². The lowest BCUT2D eigenvalue weighted by atomic mass is 10.1. The Hall–Kier alpha value is -3.03. The first-order valence-corrected chi connectivity index (χ1v) is 11.4. The molecular weight excluding hydrogens is 472 g/mol. The number of amides is 1. The molecule has 0 radical (unpaired) electrons. The predicted molar refractivity (Wildman–Crippen MR) is 125 cm³/mol. The fourth-order valence-corrected chi connectivity index (χ4v) is 4.71. The van der Waals surface area contributed by atoms with Gasteiger partial charge in [0.15, 0.2) is 11.6 Å². The second kappa shape index (κ2) is 8.48. The van der Waals surface area contributed by atoms with Gasteiger partial charge in [0.2, 0.25) is 5.91 Å². The summed E-state index contributed by atoms with van der Waals surface area (Å²) in [4.78, 5) is 38.2. The Morgan fingerprint density at radius 3 is 2.59 bits per heavy atom. The van der Waals surface area contributed by atoms with E-state index in [0.717, 1.165) is 40.4 Å². The van der Waals surface area contributed by atoms with Crippen molar-refractivity contribution in [1.82, 2.24) is 9.88 Å². The number of fused-ring (bicyclic) bond motifs is 2. The van der Waals surface area contributed by atoms with Crippen molar-refractivity contribution in [1.29, 1.82) is 0 Å². The van der Waals surface area contributed by atoms with Crippen molar-refractivity contribution in [3.05, 3.63) is 75.4 Å². The van der Waals surface area contributed by atoms with Crippen molar-refractivity contribution < 1.29 is 19.1 Å². The number of allylic oxidation sites excluding steroid dienone is 1. The van der Waals surface area contributed by atoms with E-state index in [1.165, 1.54) is 0 Å². The maximum absolute atomic E-state index is 12.8. The van der Waals surface area contributed by atoms with Crippen LogP contribution >= 0.6 is 15.9 Å². The van der Waals surface area contributed by atoms with Gasteiger partial charge >= 0.3 is 0 Å². The summed E-state index contributed by atoms with van der Waals surface area (Å²) in [6.07, 6.45) is 5.53. The van der Waals surface area contributed by atoms with Gasteiger partial charge in [0.05, 0.1) is 11.7 Å². The Morgan fingerprint density at radius 2 is 1.91 bits per heavy atom. The van der Waals surface area contributed by atoms with Crippen LogP contribution in [0.4, 0.5) is 0 Å². The summed E-state index contributed by atoms with van der Waals surface area (Å²) in [7, 11) is 0. The van der Waals surface area contributed by atoms with Gasteiger partial charge in [0.25, 0.3) is 0 Å². The van der Waals surface area contributed by atoms with Crippen LogP contribution in [0.1, 0.15) is 39.1 Å². The van der Waals surface area contributed by atoms with Gasteiger partial charge in [0.1, 0.15) is 6.54 Å². The average Bonchev–Trinajstić information content (AvgIpc) is 3.48. The van der Waals surface area contributed by atoms with Gasteiger partial charge in [-0.2, -0.15) is 0 Å². The number of ether oxygens (including phenoxy) is 1. The maximum atomic E-state index is 12.8. The number of ketones is 2. The molecule has 1 fully saturated rings. The number of benzene rings is 2. The third kappa shape index (κ3) is 3.82. The van der Waals surface area contributed by atoms with E-state index < -0.39 is 0 Å². The minimum Gasteiger partial charge on any atom is -0.376 e.